The van der Waals surface area contributed by atoms with Crippen molar-refractivity contribution in [2.45, 2.75) is 38.8 Å². The van der Waals surface area contributed by atoms with Crippen LogP contribution in [0.25, 0.3) is 0 Å². The van der Waals surface area contributed by atoms with Crippen LogP contribution < -0.4 is 0 Å². The number of hydrogen-bond acceptors (Lipinski definition) is 2. The van der Waals surface area contributed by atoms with E-state index in [1.54, 1.807) is 13.8 Å². The number of ketones is 2. The number of hydrogen-bond donors (Lipinski definition) is 0. The molecule has 2 aromatic carbocycles. The molecule has 2 atom stereocenters. The summed E-state index contributed by atoms with van der Waals surface area (Å²) in [6.07, 6.45) is 0.334. The molecule has 0 saturated carbocycles. The molecule has 0 aromatic heterocycles. The van der Waals surface area contributed by atoms with Gasteiger partial charge in [0.25, 0.3) is 0 Å². The lowest BCUT2D eigenvalue weighted by molar-refractivity contribution is -0.122. The molecule has 0 spiro atoms. The van der Waals surface area contributed by atoms with Crippen LogP contribution in [0, 0.1) is 11.8 Å². The number of rotatable bonds is 6. The van der Waals surface area contributed by atoms with Gasteiger partial charge in [0.15, 0.2) is 0 Å². The first-order chi connectivity index (χ1) is 12.0. The van der Waals surface area contributed by atoms with Crippen LogP contribution in [0.4, 0.5) is 0 Å². The first-order valence-corrected chi connectivity index (χ1v) is 8.62. The number of benzene rings is 2. The fourth-order valence-electron chi connectivity index (χ4n) is 2.86. The normalized spacial score (nSPS) is 12.4. The molecule has 2 rings (SSSR count). The predicted octanol–water partition coefficient (Wildman–Crippen LogP) is 3.94. The van der Waals surface area contributed by atoms with Gasteiger partial charge in [-0.2, -0.15) is 0 Å². The molecule has 0 fully saturated rings. The topological polar surface area (TPSA) is 34.1 Å². The van der Waals surface area contributed by atoms with Gasteiger partial charge >= 0.3 is 0 Å². The molecule has 3 heteroatoms. The van der Waals surface area contributed by atoms with Crippen LogP contribution in [0.3, 0.4) is 0 Å². The largest absolute Gasteiger partial charge is 0.301 e. The Hall–Kier alpha value is -2.60. The SMILES string of the molecule is CC(=O)CC(BC(C)c1ccc(C#Cc2ccccc2)cc1)C(C)=O. The molecular weight excluding hydrogens is 307 g/mol. The Morgan fingerprint density at radius 3 is 2.00 bits per heavy atom. The van der Waals surface area contributed by atoms with Crippen molar-refractivity contribution in [2.75, 3.05) is 0 Å². The average Bonchev–Trinajstić information content (AvgIpc) is 2.60. The van der Waals surface area contributed by atoms with Crippen molar-refractivity contribution in [3.05, 3.63) is 71.3 Å². The minimum Gasteiger partial charge on any atom is -0.301 e. The third-order valence-corrected chi connectivity index (χ3v) is 4.35. The second-order valence-corrected chi connectivity index (χ2v) is 6.59. The molecule has 2 aromatic rings. The summed E-state index contributed by atoms with van der Waals surface area (Å²) in [6, 6.07) is 18.0. The van der Waals surface area contributed by atoms with Gasteiger partial charge in [-0.1, -0.05) is 54.7 Å². The van der Waals surface area contributed by atoms with Gasteiger partial charge in [0.1, 0.15) is 18.8 Å². The molecule has 0 aliphatic rings. The second kappa shape index (κ2) is 9.04. The van der Waals surface area contributed by atoms with Crippen molar-refractivity contribution in [1.82, 2.24) is 0 Å². The van der Waals surface area contributed by atoms with E-state index in [-0.39, 0.29) is 23.2 Å². The number of Topliss-reactive ketones (excluding diaryl/α,β-unsaturated/α-hetero) is 2. The quantitative estimate of drug-likeness (QED) is 0.594. The van der Waals surface area contributed by atoms with Crippen molar-refractivity contribution < 1.29 is 9.59 Å². The molecule has 25 heavy (non-hydrogen) atoms. The third-order valence-electron chi connectivity index (χ3n) is 4.35. The fraction of sp³-hybridized carbons (Fsp3) is 0.273. The van der Waals surface area contributed by atoms with E-state index in [1.165, 1.54) is 5.56 Å². The highest BCUT2D eigenvalue weighted by molar-refractivity contribution is 6.46. The summed E-state index contributed by atoms with van der Waals surface area (Å²) >= 11 is 0. The van der Waals surface area contributed by atoms with E-state index in [0.717, 1.165) is 11.1 Å². The summed E-state index contributed by atoms with van der Waals surface area (Å²) in [4.78, 5) is 23.1. The van der Waals surface area contributed by atoms with Gasteiger partial charge in [-0.05, 0) is 49.7 Å². The van der Waals surface area contributed by atoms with Gasteiger partial charge in [0.05, 0.1) is 0 Å². The molecule has 0 heterocycles. The Morgan fingerprint density at radius 2 is 1.48 bits per heavy atom. The van der Waals surface area contributed by atoms with Crippen LogP contribution in [-0.4, -0.2) is 18.8 Å². The Balaban J connectivity index is 2.05. The van der Waals surface area contributed by atoms with E-state index >= 15 is 0 Å². The number of carbonyl (C=O) groups excluding carboxylic acids is 2. The van der Waals surface area contributed by atoms with Crippen LogP contribution >= 0.6 is 0 Å². The maximum atomic E-state index is 11.7. The lowest BCUT2D eigenvalue weighted by atomic mass is 9.51. The fourth-order valence-corrected chi connectivity index (χ4v) is 2.86. The van der Waals surface area contributed by atoms with E-state index < -0.39 is 0 Å². The second-order valence-electron chi connectivity index (χ2n) is 6.59. The summed E-state index contributed by atoms with van der Waals surface area (Å²) in [7, 11) is 0.698. The van der Waals surface area contributed by atoms with E-state index in [2.05, 4.69) is 30.9 Å². The van der Waals surface area contributed by atoms with Gasteiger partial charge in [-0.25, -0.2) is 0 Å². The first kappa shape index (κ1) is 18.7. The van der Waals surface area contributed by atoms with Gasteiger partial charge in [-0.3, -0.25) is 0 Å². The molecule has 0 bridgehead atoms. The molecule has 0 aliphatic heterocycles. The average molecular weight is 330 g/mol. The van der Waals surface area contributed by atoms with Gasteiger partial charge < -0.3 is 9.59 Å². The molecule has 0 N–H and O–H groups in total. The summed E-state index contributed by atoms with van der Waals surface area (Å²) in [5.74, 6) is 6.50. The Labute approximate surface area is 150 Å². The molecule has 0 amide bonds. The van der Waals surface area contributed by atoms with Crippen LogP contribution in [0.15, 0.2) is 54.6 Å². The van der Waals surface area contributed by atoms with E-state index in [1.807, 2.05) is 42.5 Å². The van der Waals surface area contributed by atoms with Crippen molar-refractivity contribution in [2.24, 2.45) is 0 Å². The zero-order valence-corrected chi connectivity index (χ0v) is 15.1. The maximum Gasteiger partial charge on any atom is 0.142 e. The van der Waals surface area contributed by atoms with Gasteiger partial charge in [-0.15, -0.1) is 0 Å². The monoisotopic (exact) mass is 330 g/mol. The zero-order chi connectivity index (χ0) is 18.2. The summed E-state index contributed by atoms with van der Waals surface area (Å²) in [5.41, 5.74) is 3.13. The zero-order valence-electron chi connectivity index (χ0n) is 15.1. The maximum absolute atomic E-state index is 11.7. The Morgan fingerprint density at radius 1 is 0.920 bits per heavy atom. The van der Waals surface area contributed by atoms with Crippen LogP contribution in [0.5, 0.6) is 0 Å². The minimum atomic E-state index is -0.190. The third kappa shape index (κ3) is 6.08. The van der Waals surface area contributed by atoms with Gasteiger partial charge in [0, 0.05) is 17.5 Å². The van der Waals surface area contributed by atoms with Crippen molar-refractivity contribution in [3.63, 3.8) is 0 Å². The van der Waals surface area contributed by atoms with E-state index in [9.17, 15) is 9.59 Å². The summed E-state index contributed by atoms with van der Waals surface area (Å²) < 4.78 is 0. The lowest BCUT2D eigenvalue weighted by Gasteiger charge is -2.16. The van der Waals surface area contributed by atoms with Crippen LogP contribution in [-0.2, 0) is 9.59 Å². The minimum absolute atomic E-state index is 0.0685. The molecule has 0 aliphatic carbocycles. The molecule has 126 valence electrons. The Kier molecular flexibility index (Phi) is 6.77. The van der Waals surface area contributed by atoms with E-state index in [4.69, 9.17) is 0 Å². The molecule has 0 radical (unpaired) electrons. The smallest absolute Gasteiger partial charge is 0.142 e. The molecule has 2 unspecified atom stereocenters. The highest BCUT2D eigenvalue weighted by atomic mass is 16.1. The number of carbonyl (C=O) groups is 2. The first-order valence-electron chi connectivity index (χ1n) is 8.62. The van der Waals surface area contributed by atoms with Crippen molar-refractivity contribution in [1.29, 1.82) is 0 Å². The summed E-state index contributed by atoms with van der Waals surface area (Å²) in [6.45, 7) is 5.21. The molecule has 2 nitrogen and oxygen atoms in total. The standard InChI is InChI=1S/C22H23BO2/c1-16(24)15-22(18(3)25)23-17(2)21-13-11-20(12-14-21)10-9-19-7-5-4-6-8-19/h4-8,11-14,17,22-23H,15H2,1-3H3. The predicted molar refractivity (Wildman–Crippen MR) is 104 cm³/mol. The van der Waals surface area contributed by atoms with Crippen LogP contribution in [0.2, 0.25) is 5.82 Å². The highest BCUT2D eigenvalue weighted by Gasteiger charge is 2.21. The molecular formula is C22H23BO2. The van der Waals surface area contributed by atoms with Crippen LogP contribution in [0.1, 0.15) is 49.7 Å². The summed E-state index contributed by atoms with van der Waals surface area (Å²) in [5, 5.41) is 0. The van der Waals surface area contributed by atoms with Crippen molar-refractivity contribution in [3.8, 4) is 11.8 Å². The Bertz CT molecular complexity index is 782. The molecule has 0 saturated heterocycles. The van der Waals surface area contributed by atoms with Gasteiger partial charge in [0.2, 0.25) is 0 Å². The highest BCUT2D eigenvalue weighted by Crippen LogP contribution is 2.22. The van der Waals surface area contributed by atoms with E-state index in [0.29, 0.717) is 13.7 Å². The lowest BCUT2D eigenvalue weighted by Crippen LogP contribution is -2.20. The van der Waals surface area contributed by atoms with Crippen molar-refractivity contribution >= 4 is 18.8 Å².